The minimum Gasteiger partial charge on any atom is -0.351 e. The van der Waals surface area contributed by atoms with Gasteiger partial charge in [0.15, 0.2) is 11.5 Å². The molecular formula is C15H15N5O2. The Morgan fingerprint density at radius 1 is 1.09 bits per heavy atom. The Bertz CT molecular complexity index is 706. The molecule has 0 saturated heterocycles. The van der Waals surface area contributed by atoms with Gasteiger partial charge in [-0.15, -0.1) is 0 Å². The Morgan fingerprint density at radius 3 is 2.36 bits per heavy atom. The highest BCUT2D eigenvalue weighted by Crippen LogP contribution is 2.22. The van der Waals surface area contributed by atoms with E-state index in [1.54, 1.807) is 0 Å². The van der Waals surface area contributed by atoms with E-state index in [0.717, 1.165) is 12.8 Å². The van der Waals surface area contributed by atoms with Crippen LogP contribution in [0.3, 0.4) is 0 Å². The molecule has 0 radical (unpaired) electrons. The number of benzene rings is 1. The molecule has 2 aromatic rings. The van der Waals surface area contributed by atoms with Crippen LogP contribution >= 0.6 is 0 Å². The van der Waals surface area contributed by atoms with Gasteiger partial charge in [-0.3, -0.25) is 10.1 Å². The molecule has 0 unspecified atom stereocenters. The average molecular weight is 297 g/mol. The van der Waals surface area contributed by atoms with Crippen LogP contribution in [0.15, 0.2) is 36.7 Å². The van der Waals surface area contributed by atoms with Crippen LogP contribution in [0.4, 0.5) is 10.6 Å². The van der Waals surface area contributed by atoms with Crippen molar-refractivity contribution in [2.45, 2.75) is 18.9 Å². The minimum absolute atomic E-state index is 0.00772. The summed E-state index contributed by atoms with van der Waals surface area (Å²) in [5, 5.41) is 5.22. The highest BCUT2D eigenvalue weighted by molar-refractivity contribution is 6.00. The van der Waals surface area contributed by atoms with Crippen molar-refractivity contribution in [1.29, 1.82) is 0 Å². The van der Waals surface area contributed by atoms with E-state index in [9.17, 15) is 9.59 Å². The maximum atomic E-state index is 12.3. The van der Waals surface area contributed by atoms with E-state index in [1.807, 2.05) is 12.1 Å². The van der Waals surface area contributed by atoms with E-state index in [4.69, 9.17) is 5.73 Å². The second kappa shape index (κ2) is 5.80. The summed E-state index contributed by atoms with van der Waals surface area (Å²) >= 11 is 0. The molecule has 0 atom stereocenters. The first kappa shape index (κ1) is 14.0. The predicted molar refractivity (Wildman–Crippen MR) is 80.3 cm³/mol. The van der Waals surface area contributed by atoms with Crippen LogP contribution in [0, 0.1) is 0 Å². The lowest BCUT2D eigenvalue weighted by molar-refractivity contribution is 0.0934. The fourth-order valence-electron chi connectivity index (χ4n) is 2.63. The van der Waals surface area contributed by atoms with Gasteiger partial charge in [0.25, 0.3) is 5.91 Å². The summed E-state index contributed by atoms with van der Waals surface area (Å²) in [4.78, 5) is 31.2. The van der Waals surface area contributed by atoms with Crippen molar-refractivity contribution in [1.82, 2.24) is 15.3 Å². The summed E-state index contributed by atoms with van der Waals surface area (Å²) in [6, 6.07) is 7.31. The van der Waals surface area contributed by atoms with E-state index in [-0.39, 0.29) is 23.5 Å². The molecule has 1 aliphatic carbocycles. The van der Waals surface area contributed by atoms with Gasteiger partial charge in [-0.1, -0.05) is 24.3 Å². The number of amides is 3. The molecule has 1 aliphatic rings. The number of nitrogens with zero attached hydrogens (tertiary/aromatic N) is 2. The number of hydrogen-bond donors (Lipinski definition) is 3. The maximum Gasteiger partial charge on any atom is 0.317 e. The first-order valence-electron chi connectivity index (χ1n) is 6.88. The Hall–Kier alpha value is -2.96. The van der Waals surface area contributed by atoms with Crippen LogP contribution in [0.2, 0.25) is 0 Å². The van der Waals surface area contributed by atoms with Crippen molar-refractivity contribution in [2.75, 3.05) is 5.32 Å². The van der Waals surface area contributed by atoms with Gasteiger partial charge in [-0.25, -0.2) is 14.8 Å². The Kier molecular flexibility index (Phi) is 3.69. The third-order valence-corrected chi connectivity index (χ3v) is 3.54. The van der Waals surface area contributed by atoms with E-state index in [0.29, 0.717) is 0 Å². The smallest absolute Gasteiger partial charge is 0.317 e. The first-order chi connectivity index (χ1) is 10.6. The van der Waals surface area contributed by atoms with Crippen molar-refractivity contribution in [3.8, 4) is 0 Å². The van der Waals surface area contributed by atoms with E-state index in [2.05, 4.69) is 32.7 Å². The summed E-state index contributed by atoms with van der Waals surface area (Å²) in [6.07, 6.45) is 4.33. The van der Waals surface area contributed by atoms with Crippen LogP contribution in [0.5, 0.6) is 0 Å². The van der Waals surface area contributed by atoms with Gasteiger partial charge >= 0.3 is 6.03 Å². The number of nitrogens with one attached hydrogen (secondary N) is 2. The number of aromatic nitrogens is 2. The molecule has 0 spiro atoms. The van der Waals surface area contributed by atoms with Crippen LogP contribution in [-0.2, 0) is 12.8 Å². The van der Waals surface area contributed by atoms with Gasteiger partial charge in [0, 0.05) is 18.4 Å². The number of urea groups is 1. The maximum absolute atomic E-state index is 12.3. The molecule has 1 heterocycles. The largest absolute Gasteiger partial charge is 0.351 e. The molecule has 22 heavy (non-hydrogen) atoms. The van der Waals surface area contributed by atoms with Gasteiger partial charge < -0.3 is 11.1 Å². The van der Waals surface area contributed by atoms with Gasteiger partial charge in [0.2, 0.25) is 0 Å². The molecule has 0 aliphatic heterocycles. The molecule has 0 fully saturated rings. The molecule has 7 heteroatoms. The summed E-state index contributed by atoms with van der Waals surface area (Å²) < 4.78 is 0. The van der Waals surface area contributed by atoms with Crippen LogP contribution < -0.4 is 16.4 Å². The third kappa shape index (κ3) is 2.88. The van der Waals surface area contributed by atoms with Crippen molar-refractivity contribution in [3.63, 3.8) is 0 Å². The quantitative estimate of drug-likeness (QED) is 0.780. The van der Waals surface area contributed by atoms with Gasteiger partial charge in [0.05, 0.1) is 0 Å². The monoisotopic (exact) mass is 297 g/mol. The lowest BCUT2D eigenvalue weighted by Crippen LogP contribution is -2.36. The second-order valence-corrected chi connectivity index (χ2v) is 5.09. The summed E-state index contributed by atoms with van der Waals surface area (Å²) in [6.45, 7) is 0. The average Bonchev–Trinajstić information content (AvgIpc) is 2.89. The normalized spacial score (nSPS) is 13.5. The number of fused-ring (bicyclic) bond motifs is 1. The minimum atomic E-state index is -0.789. The molecule has 0 bridgehead atoms. The molecule has 4 N–H and O–H groups in total. The number of nitrogens with two attached hydrogens (primary N) is 1. The zero-order valence-electron chi connectivity index (χ0n) is 11.7. The standard InChI is InChI=1S/C15H15N5O2/c16-15(22)20-13-12(17-5-6-18-13)14(21)19-11-7-9-3-1-2-4-10(9)8-11/h1-6,11H,7-8H2,(H,19,21)(H3,16,18,20,22). The molecule has 3 rings (SSSR count). The van der Waals surface area contributed by atoms with Gasteiger partial charge in [-0.2, -0.15) is 0 Å². The molecule has 1 aromatic heterocycles. The Balaban J connectivity index is 1.72. The number of hydrogen-bond acceptors (Lipinski definition) is 4. The summed E-state index contributed by atoms with van der Waals surface area (Å²) in [5.41, 5.74) is 7.59. The van der Waals surface area contributed by atoms with Gasteiger partial charge in [-0.05, 0) is 24.0 Å². The van der Waals surface area contributed by atoms with Crippen molar-refractivity contribution in [2.24, 2.45) is 5.73 Å². The highest BCUT2D eigenvalue weighted by Gasteiger charge is 2.24. The molecule has 3 amide bonds. The SMILES string of the molecule is NC(=O)Nc1nccnc1C(=O)NC1Cc2ccccc2C1. The second-order valence-electron chi connectivity index (χ2n) is 5.09. The fraction of sp³-hybridized carbons (Fsp3) is 0.200. The lowest BCUT2D eigenvalue weighted by Gasteiger charge is -2.13. The highest BCUT2D eigenvalue weighted by atomic mass is 16.2. The van der Waals surface area contributed by atoms with Gasteiger partial charge in [0.1, 0.15) is 0 Å². The number of anilines is 1. The van der Waals surface area contributed by atoms with E-state index < -0.39 is 6.03 Å². The summed E-state index contributed by atoms with van der Waals surface area (Å²) in [5.74, 6) is -0.322. The first-order valence-corrected chi connectivity index (χ1v) is 6.88. The molecule has 0 saturated carbocycles. The number of rotatable bonds is 3. The van der Waals surface area contributed by atoms with Crippen LogP contribution in [0.1, 0.15) is 21.6 Å². The predicted octanol–water partition coefficient (Wildman–Crippen LogP) is 0.864. The Morgan fingerprint density at radius 2 is 1.73 bits per heavy atom. The fourth-order valence-corrected chi connectivity index (χ4v) is 2.63. The number of carbonyl (C=O) groups is 2. The molecule has 7 nitrogen and oxygen atoms in total. The molecule has 112 valence electrons. The van der Waals surface area contributed by atoms with E-state index >= 15 is 0 Å². The number of carbonyl (C=O) groups excluding carboxylic acids is 2. The zero-order valence-corrected chi connectivity index (χ0v) is 11.7. The topological polar surface area (TPSA) is 110 Å². The lowest BCUT2D eigenvalue weighted by atomic mass is 10.1. The molecular weight excluding hydrogens is 282 g/mol. The number of primary amides is 1. The van der Waals surface area contributed by atoms with Crippen LogP contribution in [-0.4, -0.2) is 27.9 Å². The van der Waals surface area contributed by atoms with Crippen molar-refractivity contribution < 1.29 is 9.59 Å². The van der Waals surface area contributed by atoms with Crippen molar-refractivity contribution >= 4 is 17.8 Å². The van der Waals surface area contributed by atoms with Crippen LogP contribution in [0.25, 0.3) is 0 Å². The molecule has 1 aromatic carbocycles. The Labute approximate surface area is 127 Å². The van der Waals surface area contributed by atoms with Crippen molar-refractivity contribution in [3.05, 3.63) is 53.5 Å². The zero-order chi connectivity index (χ0) is 15.5. The van der Waals surface area contributed by atoms with E-state index in [1.165, 1.54) is 23.5 Å². The summed E-state index contributed by atoms with van der Waals surface area (Å²) in [7, 11) is 0. The third-order valence-electron chi connectivity index (χ3n) is 3.54.